The van der Waals surface area contributed by atoms with Crippen LogP contribution in [0.25, 0.3) is 10.8 Å². The Bertz CT molecular complexity index is 855. The van der Waals surface area contributed by atoms with E-state index >= 15 is 0 Å². The van der Waals surface area contributed by atoms with E-state index in [0.29, 0.717) is 0 Å². The van der Waals surface area contributed by atoms with E-state index in [2.05, 4.69) is 5.32 Å². The summed E-state index contributed by atoms with van der Waals surface area (Å²) in [4.78, 5) is 23.4. The van der Waals surface area contributed by atoms with Gasteiger partial charge in [0.25, 0.3) is 0 Å². The van der Waals surface area contributed by atoms with Gasteiger partial charge in [-0.2, -0.15) is 0 Å². The lowest BCUT2D eigenvalue weighted by Crippen LogP contribution is -2.22. The maximum atomic E-state index is 10.9. The monoisotopic (exact) mass is 364 g/mol. The second-order valence-electron chi connectivity index (χ2n) is 5.62. The minimum Gasteiger partial charge on any atom is -0.326 e. The number of hydrogen-bond acceptors (Lipinski definition) is 2. The summed E-state index contributed by atoms with van der Waals surface area (Å²) in [5.74, 6) is 0.0116. The molecule has 2 amide bonds. The van der Waals surface area contributed by atoms with Crippen LogP contribution in [0.4, 0.5) is 11.4 Å². The molecule has 0 spiro atoms. The summed E-state index contributed by atoms with van der Waals surface area (Å²) in [6.07, 6.45) is 0. The van der Waals surface area contributed by atoms with Crippen LogP contribution in [-0.4, -0.2) is 18.9 Å². The number of carbonyl (C=O) groups excluding carboxylic acids is 2. The Hall–Kier alpha value is -3.14. The highest BCUT2D eigenvalue weighted by molar-refractivity contribution is 6.01. The molecule has 0 aliphatic carbocycles. The molecule has 27 heavy (non-hydrogen) atoms. The maximum absolute atomic E-state index is 10.9. The van der Waals surface area contributed by atoms with Gasteiger partial charge in [0.15, 0.2) is 0 Å². The first kappa shape index (κ1) is 21.9. The Balaban J connectivity index is 0.000000254. The molecule has 0 saturated carbocycles. The van der Waals surface area contributed by atoms with Gasteiger partial charge in [-0.3, -0.25) is 9.59 Å². The zero-order valence-corrected chi connectivity index (χ0v) is 16.7. The van der Waals surface area contributed by atoms with Crippen molar-refractivity contribution in [3.8, 4) is 0 Å². The van der Waals surface area contributed by atoms with Crippen molar-refractivity contribution in [3.63, 3.8) is 0 Å². The van der Waals surface area contributed by atoms with E-state index in [0.717, 1.165) is 22.1 Å². The van der Waals surface area contributed by atoms with Crippen LogP contribution in [0.2, 0.25) is 0 Å². The van der Waals surface area contributed by atoms with E-state index in [1.165, 1.54) is 6.92 Å². The second kappa shape index (κ2) is 11.5. The van der Waals surface area contributed by atoms with Crippen molar-refractivity contribution in [2.45, 2.75) is 27.7 Å². The molecule has 0 aromatic heterocycles. The molecular weight excluding hydrogens is 336 g/mol. The lowest BCUT2D eigenvalue weighted by atomic mass is 10.1. The third-order valence-corrected chi connectivity index (χ3v) is 3.72. The van der Waals surface area contributed by atoms with Crippen molar-refractivity contribution >= 4 is 34.0 Å². The molecule has 3 aromatic carbocycles. The SMILES string of the molecule is CC.CC(=O)N(C)c1ccccc1.CC(=O)Nc1cccc2ccccc12. The standard InChI is InChI=1S/C12H11NO.C9H11NO.C2H6/c1-9(14)13-12-8-4-6-10-5-2-3-7-11(10)12;1-8(11)10(2)9-6-4-3-5-7-9;1-2/h2-8H,1H3,(H,13,14);3-7H,1-2H3;1-2H3. The molecule has 1 N–H and O–H groups in total. The summed E-state index contributed by atoms with van der Waals surface area (Å²) in [5.41, 5.74) is 1.80. The first-order valence-corrected chi connectivity index (χ1v) is 9.03. The number of nitrogens with one attached hydrogen (secondary N) is 1. The number of carbonyl (C=O) groups is 2. The second-order valence-corrected chi connectivity index (χ2v) is 5.62. The molecule has 0 unspecified atom stereocenters. The normalized spacial score (nSPS) is 9.22. The molecule has 0 saturated heterocycles. The fourth-order valence-electron chi connectivity index (χ4n) is 2.36. The first-order chi connectivity index (χ1) is 13.0. The van der Waals surface area contributed by atoms with Crippen LogP contribution in [0.15, 0.2) is 72.8 Å². The molecule has 4 heteroatoms. The van der Waals surface area contributed by atoms with Gasteiger partial charge >= 0.3 is 0 Å². The van der Waals surface area contributed by atoms with E-state index in [1.54, 1.807) is 18.9 Å². The molecule has 0 heterocycles. The van der Waals surface area contributed by atoms with Gasteiger partial charge in [-0.05, 0) is 23.6 Å². The van der Waals surface area contributed by atoms with Crippen LogP contribution in [0, 0.1) is 0 Å². The van der Waals surface area contributed by atoms with Gasteiger partial charge in [-0.1, -0.05) is 68.4 Å². The summed E-state index contributed by atoms with van der Waals surface area (Å²) in [6.45, 7) is 7.06. The zero-order chi connectivity index (χ0) is 20.2. The van der Waals surface area contributed by atoms with E-state index in [9.17, 15) is 9.59 Å². The van der Waals surface area contributed by atoms with Gasteiger partial charge in [0.05, 0.1) is 0 Å². The smallest absolute Gasteiger partial charge is 0.223 e. The summed E-state index contributed by atoms with van der Waals surface area (Å²) in [5, 5.41) is 5.02. The van der Waals surface area contributed by atoms with E-state index in [1.807, 2.05) is 86.6 Å². The number of fused-ring (bicyclic) bond motifs is 1. The van der Waals surface area contributed by atoms with Crippen LogP contribution in [0.5, 0.6) is 0 Å². The Kier molecular flexibility index (Phi) is 9.30. The number of benzene rings is 3. The molecule has 4 nitrogen and oxygen atoms in total. The van der Waals surface area contributed by atoms with Crippen molar-refractivity contribution in [3.05, 3.63) is 72.8 Å². The van der Waals surface area contributed by atoms with Gasteiger partial charge < -0.3 is 10.2 Å². The number of rotatable bonds is 2. The van der Waals surface area contributed by atoms with E-state index < -0.39 is 0 Å². The van der Waals surface area contributed by atoms with Crippen molar-refractivity contribution < 1.29 is 9.59 Å². The zero-order valence-electron chi connectivity index (χ0n) is 16.7. The molecule has 142 valence electrons. The van der Waals surface area contributed by atoms with Crippen LogP contribution in [-0.2, 0) is 9.59 Å². The van der Waals surface area contributed by atoms with Gasteiger partial charge in [0.2, 0.25) is 11.8 Å². The number of amides is 2. The summed E-state index contributed by atoms with van der Waals surface area (Å²) in [7, 11) is 1.76. The number of para-hydroxylation sites is 1. The lowest BCUT2D eigenvalue weighted by Gasteiger charge is -2.13. The van der Waals surface area contributed by atoms with Crippen LogP contribution >= 0.6 is 0 Å². The van der Waals surface area contributed by atoms with E-state index in [4.69, 9.17) is 0 Å². The molecule has 0 radical (unpaired) electrons. The molecule has 3 rings (SSSR count). The first-order valence-electron chi connectivity index (χ1n) is 9.03. The fourth-order valence-corrected chi connectivity index (χ4v) is 2.36. The molecule has 0 aliphatic rings. The highest BCUT2D eigenvalue weighted by Crippen LogP contribution is 2.22. The highest BCUT2D eigenvalue weighted by Gasteiger charge is 2.02. The average Bonchev–Trinajstić information content (AvgIpc) is 2.70. The van der Waals surface area contributed by atoms with Crippen LogP contribution in [0.1, 0.15) is 27.7 Å². The predicted octanol–water partition coefficient (Wildman–Crippen LogP) is 5.49. The Morgan fingerprint density at radius 1 is 0.778 bits per heavy atom. The van der Waals surface area contributed by atoms with Crippen molar-refractivity contribution in [2.24, 2.45) is 0 Å². The molecule has 0 fully saturated rings. The van der Waals surface area contributed by atoms with Gasteiger partial charge in [-0.15, -0.1) is 0 Å². The topological polar surface area (TPSA) is 49.4 Å². The third kappa shape index (κ3) is 6.94. The Labute approximate surface area is 161 Å². The number of anilines is 2. The number of hydrogen-bond donors (Lipinski definition) is 1. The minimum atomic E-state index is -0.0404. The van der Waals surface area contributed by atoms with Gasteiger partial charge in [0.1, 0.15) is 0 Å². The average molecular weight is 364 g/mol. The van der Waals surface area contributed by atoms with Crippen LogP contribution in [0.3, 0.4) is 0 Å². The van der Waals surface area contributed by atoms with Gasteiger partial charge in [-0.25, -0.2) is 0 Å². The molecule has 0 atom stereocenters. The molecule has 3 aromatic rings. The van der Waals surface area contributed by atoms with Gasteiger partial charge in [0, 0.05) is 37.7 Å². The fraction of sp³-hybridized carbons (Fsp3) is 0.217. The third-order valence-electron chi connectivity index (χ3n) is 3.72. The summed E-state index contributed by atoms with van der Waals surface area (Å²) in [6, 6.07) is 23.4. The Morgan fingerprint density at radius 3 is 1.93 bits per heavy atom. The van der Waals surface area contributed by atoms with Crippen molar-refractivity contribution in [1.82, 2.24) is 0 Å². The lowest BCUT2D eigenvalue weighted by molar-refractivity contribution is -0.116. The van der Waals surface area contributed by atoms with Crippen molar-refractivity contribution in [1.29, 1.82) is 0 Å². The number of nitrogens with zero attached hydrogens (tertiary/aromatic N) is 1. The quantitative estimate of drug-likeness (QED) is 0.653. The molecular formula is C23H28N2O2. The summed E-state index contributed by atoms with van der Waals surface area (Å²) >= 11 is 0. The van der Waals surface area contributed by atoms with Crippen LogP contribution < -0.4 is 10.2 Å². The summed E-state index contributed by atoms with van der Waals surface area (Å²) < 4.78 is 0. The molecule has 0 aliphatic heterocycles. The van der Waals surface area contributed by atoms with E-state index in [-0.39, 0.29) is 11.8 Å². The predicted molar refractivity (Wildman–Crippen MR) is 115 cm³/mol. The highest BCUT2D eigenvalue weighted by atomic mass is 16.2. The maximum Gasteiger partial charge on any atom is 0.223 e. The Morgan fingerprint density at radius 2 is 1.33 bits per heavy atom. The minimum absolute atomic E-state index is 0.0404. The molecule has 0 bridgehead atoms. The largest absolute Gasteiger partial charge is 0.326 e. The van der Waals surface area contributed by atoms with Crippen molar-refractivity contribution in [2.75, 3.05) is 17.3 Å².